The zero-order valence-corrected chi connectivity index (χ0v) is 34.0. The van der Waals surface area contributed by atoms with Crippen LogP contribution in [0.2, 0.25) is 0 Å². The first kappa shape index (κ1) is 42.9. The van der Waals surface area contributed by atoms with Gasteiger partial charge in [-0.25, -0.2) is 9.59 Å². The molecule has 0 aliphatic heterocycles. The Morgan fingerprint density at radius 2 is 1.11 bits per heavy atom. The normalized spacial score (nSPS) is 13.0. The molecule has 8 rings (SSSR count). The number of benzene rings is 4. The average Bonchev–Trinajstić information content (AvgIpc) is 4.24. The fourth-order valence-electron chi connectivity index (χ4n) is 6.50. The molecule has 62 heavy (non-hydrogen) atoms. The van der Waals surface area contributed by atoms with Gasteiger partial charge in [-0.05, 0) is 128 Å². The summed E-state index contributed by atoms with van der Waals surface area (Å²) in [5.74, 6) is 0.667. The molecule has 2 aliphatic rings. The first-order chi connectivity index (χ1) is 30.1. The number of aromatic carboxylic acids is 2. The van der Waals surface area contributed by atoms with Gasteiger partial charge in [0.25, 0.3) is 0 Å². The molecular formula is C48H46F2N4O8. The molecule has 0 radical (unpaired) electrons. The van der Waals surface area contributed by atoms with Crippen LogP contribution in [-0.2, 0) is 13.1 Å². The Bertz CT molecular complexity index is 2420. The maximum atomic E-state index is 12.9. The number of halogens is 2. The van der Waals surface area contributed by atoms with Crippen LogP contribution < -0.4 is 28.7 Å². The van der Waals surface area contributed by atoms with Crippen molar-refractivity contribution in [2.24, 2.45) is 11.8 Å². The Morgan fingerprint density at radius 3 is 1.60 bits per heavy atom. The van der Waals surface area contributed by atoms with E-state index in [1.165, 1.54) is 25.0 Å². The Kier molecular flexibility index (Phi) is 14.1. The van der Waals surface area contributed by atoms with Crippen molar-refractivity contribution in [3.63, 3.8) is 0 Å². The molecular weight excluding hydrogens is 799 g/mol. The van der Waals surface area contributed by atoms with E-state index in [1.807, 2.05) is 65.7 Å². The van der Waals surface area contributed by atoms with E-state index in [9.17, 15) is 28.6 Å². The maximum Gasteiger partial charge on any atom is 0.387 e. The Hall–Kier alpha value is -7.22. The van der Waals surface area contributed by atoms with Crippen LogP contribution in [0.5, 0.6) is 23.0 Å². The number of anilines is 4. The lowest BCUT2D eigenvalue weighted by molar-refractivity contribution is -0.0515. The van der Waals surface area contributed by atoms with Gasteiger partial charge in [-0.3, -0.25) is 9.97 Å². The van der Waals surface area contributed by atoms with Crippen LogP contribution in [0.1, 0.15) is 57.5 Å². The van der Waals surface area contributed by atoms with Gasteiger partial charge in [-0.1, -0.05) is 18.2 Å². The van der Waals surface area contributed by atoms with Crippen LogP contribution in [0.4, 0.5) is 31.5 Å². The summed E-state index contributed by atoms with van der Waals surface area (Å²) in [6.45, 7) is -0.888. The third-order valence-corrected chi connectivity index (χ3v) is 10.2. The number of carboxylic acid groups (broad SMARTS) is 2. The van der Waals surface area contributed by atoms with Crippen molar-refractivity contribution in [1.82, 2.24) is 9.97 Å². The van der Waals surface area contributed by atoms with Crippen LogP contribution in [0, 0.1) is 11.8 Å². The largest absolute Gasteiger partial charge is 0.493 e. The summed E-state index contributed by atoms with van der Waals surface area (Å²) in [5.41, 5.74) is 5.39. The minimum absolute atomic E-state index is 0.0370. The summed E-state index contributed by atoms with van der Waals surface area (Å²) < 4.78 is 47.8. The van der Waals surface area contributed by atoms with Gasteiger partial charge in [-0.2, -0.15) is 8.78 Å². The maximum absolute atomic E-state index is 12.9. The van der Waals surface area contributed by atoms with Gasteiger partial charge in [0.2, 0.25) is 0 Å². The van der Waals surface area contributed by atoms with Crippen molar-refractivity contribution in [3.8, 4) is 23.0 Å². The smallest absolute Gasteiger partial charge is 0.387 e. The first-order valence-electron chi connectivity index (χ1n) is 20.2. The highest BCUT2D eigenvalue weighted by Gasteiger charge is 2.25. The number of aromatic nitrogens is 2. The highest BCUT2D eigenvalue weighted by Crippen LogP contribution is 2.40. The van der Waals surface area contributed by atoms with Gasteiger partial charge in [0, 0.05) is 72.8 Å². The molecule has 4 aromatic carbocycles. The predicted octanol–water partition coefficient (Wildman–Crippen LogP) is 10.4. The van der Waals surface area contributed by atoms with Gasteiger partial charge >= 0.3 is 18.6 Å². The monoisotopic (exact) mass is 844 g/mol. The summed E-state index contributed by atoms with van der Waals surface area (Å²) >= 11 is 0. The van der Waals surface area contributed by atoms with Gasteiger partial charge in [0.05, 0.1) is 31.5 Å². The molecule has 320 valence electrons. The topological polar surface area (TPSA) is 144 Å². The molecule has 0 atom stereocenters. The van der Waals surface area contributed by atoms with Gasteiger partial charge < -0.3 is 39.0 Å². The number of alkyl halides is 2. The number of hydrogen-bond acceptors (Lipinski definition) is 10. The minimum Gasteiger partial charge on any atom is -0.493 e. The third kappa shape index (κ3) is 12.0. The summed E-state index contributed by atoms with van der Waals surface area (Å²) in [7, 11) is 1.64. The highest BCUT2D eigenvalue weighted by atomic mass is 19.3. The van der Waals surface area contributed by atoms with E-state index in [0.717, 1.165) is 35.3 Å². The van der Waals surface area contributed by atoms with Crippen LogP contribution in [0.25, 0.3) is 0 Å². The molecule has 2 fully saturated rings. The zero-order valence-electron chi connectivity index (χ0n) is 34.0. The van der Waals surface area contributed by atoms with Crippen LogP contribution in [-0.4, -0.2) is 59.1 Å². The predicted molar refractivity (Wildman–Crippen MR) is 229 cm³/mol. The summed E-state index contributed by atoms with van der Waals surface area (Å²) in [4.78, 5) is 35.1. The van der Waals surface area contributed by atoms with Crippen molar-refractivity contribution in [3.05, 3.63) is 156 Å². The summed E-state index contributed by atoms with van der Waals surface area (Å²) in [5, 5.41) is 18.6. The van der Waals surface area contributed by atoms with Crippen molar-refractivity contribution < 1.29 is 47.5 Å². The molecule has 12 nitrogen and oxygen atoms in total. The molecule has 14 heteroatoms. The van der Waals surface area contributed by atoms with E-state index in [4.69, 9.17) is 14.2 Å². The molecule has 0 spiro atoms. The van der Waals surface area contributed by atoms with Crippen molar-refractivity contribution >= 4 is 34.7 Å². The number of nitrogens with zero attached hydrogens (tertiary/aromatic N) is 4. The number of rotatable bonds is 19. The number of methoxy groups -OCH3 is 1. The molecule has 0 bridgehead atoms. The van der Waals surface area contributed by atoms with E-state index in [1.54, 1.807) is 68.2 Å². The number of hydrogen-bond donors (Lipinski definition) is 2. The van der Waals surface area contributed by atoms with E-state index >= 15 is 0 Å². The second-order valence-corrected chi connectivity index (χ2v) is 15.0. The number of carboxylic acids is 2. The lowest BCUT2D eigenvalue weighted by atomic mass is 10.1. The fourth-order valence-corrected chi connectivity index (χ4v) is 6.50. The molecule has 6 aromatic rings. The van der Waals surface area contributed by atoms with Crippen LogP contribution in [0.3, 0.4) is 0 Å². The molecule has 2 aliphatic carbocycles. The minimum atomic E-state index is -2.97. The van der Waals surface area contributed by atoms with Crippen molar-refractivity contribution in [2.75, 3.05) is 30.1 Å². The van der Waals surface area contributed by atoms with Gasteiger partial charge in [0.1, 0.15) is 0 Å². The summed E-state index contributed by atoms with van der Waals surface area (Å²) in [6.07, 6.45) is 11.5. The quantitative estimate of drug-likeness (QED) is 0.0801. The molecule has 0 amide bonds. The van der Waals surface area contributed by atoms with Gasteiger partial charge in [0.15, 0.2) is 23.0 Å². The Morgan fingerprint density at radius 1 is 0.613 bits per heavy atom. The average molecular weight is 845 g/mol. The lowest BCUT2D eigenvalue weighted by Gasteiger charge is -2.26. The second kappa shape index (κ2) is 20.4. The molecule has 2 N–H and O–H groups in total. The lowest BCUT2D eigenvalue weighted by Crippen LogP contribution is -2.17. The molecule has 0 saturated heterocycles. The van der Waals surface area contributed by atoms with E-state index in [2.05, 4.69) is 19.6 Å². The highest BCUT2D eigenvalue weighted by molar-refractivity contribution is 5.89. The Labute approximate surface area is 357 Å². The molecule has 2 heterocycles. The number of pyridine rings is 2. The van der Waals surface area contributed by atoms with Gasteiger partial charge in [-0.15, -0.1) is 0 Å². The SMILES string of the molecule is COc1ccc(N(Cc2cccnc2)c2ccc(C(=O)O)cc2)cc1OCC1CC1.O=C(O)c1cccc(N(Cc2cccnc2)c2ccc(OC(F)F)c(OCC3CC3)c2)c1. The second-order valence-electron chi connectivity index (χ2n) is 15.0. The van der Waals surface area contributed by atoms with E-state index in [0.29, 0.717) is 61.0 Å². The van der Waals surface area contributed by atoms with Crippen LogP contribution in [0.15, 0.2) is 134 Å². The van der Waals surface area contributed by atoms with E-state index in [-0.39, 0.29) is 22.6 Å². The van der Waals surface area contributed by atoms with Crippen molar-refractivity contribution in [1.29, 1.82) is 0 Å². The van der Waals surface area contributed by atoms with Crippen LogP contribution >= 0.6 is 0 Å². The zero-order chi connectivity index (χ0) is 43.4. The fraction of sp³-hybridized carbons (Fsp3) is 0.250. The standard InChI is InChI=1S/C24H22F2N2O4.C24H24N2O4/c25-24(26)32-21-9-8-20(12-22(21)31-15-16-6-7-16)28(14-17-3-2-10-27-13-17)19-5-1-4-18(11-19)23(29)30;1-29-22-11-10-21(13-23(22)30-16-17-4-5-17)26(15-18-3-2-12-25-14-18)20-8-6-19(7-9-20)24(27)28/h1-5,8-13,16,24H,6-7,14-15H2,(H,29,30);2-3,6-14,17H,4-5,15-16H2,1H3,(H,27,28). The van der Waals surface area contributed by atoms with E-state index < -0.39 is 18.6 Å². The summed E-state index contributed by atoms with van der Waals surface area (Å²) in [6, 6.07) is 31.6. The number of carbonyl (C=O) groups is 2. The Balaban J connectivity index is 0.000000187. The molecule has 2 aromatic heterocycles. The van der Waals surface area contributed by atoms with Crippen molar-refractivity contribution in [2.45, 2.75) is 45.4 Å². The third-order valence-electron chi connectivity index (χ3n) is 10.2. The number of ether oxygens (including phenoxy) is 4. The molecule has 2 saturated carbocycles. The molecule has 0 unspecified atom stereocenters. The first-order valence-corrected chi connectivity index (χ1v) is 20.2.